The van der Waals surface area contributed by atoms with Gasteiger partial charge >= 0.3 is 0 Å². The first-order valence-corrected chi connectivity index (χ1v) is 11.6. The van der Waals surface area contributed by atoms with Crippen molar-refractivity contribution in [3.05, 3.63) is 65.7 Å². The first kappa shape index (κ1) is 21.6. The summed E-state index contributed by atoms with van der Waals surface area (Å²) >= 11 is 0. The van der Waals surface area contributed by atoms with Crippen LogP contribution >= 0.6 is 0 Å². The number of ketones is 1. The molecule has 2 aliphatic rings. The molecule has 0 aromatic heterocycles. The summed E-state index contributed by atoms with van der Waals surface area (Å²) in [5.74, 6) is 1.10. The van der Waals surface area contributed by atoms with Crippen LogP contribution in [0, 0.1) is 5.92 Å². The highest BCUT2D eigenvalue weighted by molar-refractivity contribution is 5.94. The Balaban J connectivity index is 1.19. The van der Waals surface area contributed by atoms with E-state index in [2.05, 4.69) is 40.1 Å². The maximum Gasteiger partial charge on any atom is 0.277 e. The van der Waals surface area contributed by atoms with E-state index in [0.29, 0.717) is 18.4 Å². The summed E-state index contributed by atoms with van der Waals surface area (Å²) in [6.45, 7) is 7.86. The number of Topliss-reactive ketones (excluding diaryl/α,β-unsaturated/α-hetero) is 1. The Bertz CT molecular complexity index is 865. The molecule has 4 rings (SSSR count). The van der Waals surface area contributed by atoms with Gasteiger partial charge in [0, 0.05) is 24.3 Å². The van der Waals surface area contributed by atoms with Gasteiger partial charge in [-0.15, -0.1) is 0 Å². The number of nitrogens with zero attached hydrogens (tertiary/aromatic N) is 2. The van der Waals surface area contributed by atoms with E-state index in [0.717, 1.165) is 69.8 Å². The van der Waals surface area contributed by atoms with E-state index in [-0.39, 0.29) is 5.78 Å². The minimum absolute atomic E-state index is 0.100. The fourth-order valence-corrected chi connectivity index (χ4v) is 4.82. The van der Waals surface area contributed by atoms with Crippen LogP contribution in [0.4, 0.5) is 5.69 Å². The Morgan fingerprint density at radius 3 is 2.16 bits per heavy atom. The highest BCUT2D eigenvalue weighted by Crippen LogP contribution is 2.21. The molecule has 2 aromatic rings. The molecule has 0 saturated carbocycles. The molecule has 0 aliphatic carbocycles. The topological polar surface area (TPSA) is 45.1 Å². The fourth-order valence-electron chi connectivity index (χ4n) is 4.82. The molecule has 2 saturated heterocycles. The van der Waals surface area contributed by atoms with Crippen LogP contribution in [0.1, 0.15) is 35.7 Å². The van der Waals surface area contributed by atoms with Gasteiger partial charge in [0.2, 0.25) is 0 Å². The molecule has 5 heteroatoms. The number of quaternary nitrogens is 1. The van der Waals surface area contributed by atoms with Crippen LogP contribution in [0.3, 0.4) is 0 Å². The van der Waals surface area contributed by atoms with Gasteiger partial charge in [-0.1, -0.05) is 30.3 Å². The number of rotatable bonds is 6. The van der Waals surface area contributed by atoms with Crippen molar-refractivity contribution >= 4 is 17.4 Å². The Morgan fingerprint density at radius 1 is 0.903 bits per heavy atom. The molecule has 0 atom stereocenters. The van der Waals surface area contributed by atoms with Crippen molar-refractivity contribution in [3.8, 4) is 0 Å². The average Bonchev–Trinajstić information content (AvgIpc) is 2.81. The van der Waals surface area contributed by atoms with E-state index in [9.17, 15) is 9.59 Å². The average molecular weight is 421 g/mol. The summed E-state index contributed by atoms with van der Waals surface area (Å²) in [6.07, 6.45) is 3.35. The van der Waals surface area contributed by atoms with Crippen LogP contribution in [-0.2, 0) is 11.2 Å². The summed E-state index contributed by atoms with van der Waals surface area (Å²) in [7, 11) is 0. The fraction of sp³-hybridized carbons (Fsp3) is 0.462. The molecule has 1 amide bonds. The normalized spacial score (nSPS) is 18.2. The molecule has 2 heterocycles. The van der Waals surface area contributed by atoms with E-state index < -0.39 is 0 Å². The minimum Gasteiger partial charge on any atom is -0.360 e. The van der Waals surface area contributed by atoms with Crippen molar-refractivity contribution in [1.29, 1.82) is 0 Å². The standard InChI is InChI=1S/C26H33N3O2/c1-21(30)24-7-9-25(10-8-24)28-17-15-27(16-18-28)20-26(31)29-13-11-23(12-14-29)19-22-5-3-2-4-6-22/h2-10,23H,11-20H2,1H3/p+1. The molecule has 164 valence electrons. The predicted molar refractivity (Wildman–Crippen MR) is 124 cm³/mol. The highest BCUT2D eigenvalue weighted by Gasteiger charge is 2.27. The quantitative estimate of drug-likeness (QED) is 0.728. The summed E-state index contributed by atoms with van der Waals surface area (Å²) in [5.41, 5.74) is 3.33. The highest BCUT2D eigenvalue weighted by atomic mass is 16.2. The van der Waals surface area contributed by atoms with Gasteiger partial charge < -0.3 is 14.7 Å². The van der Waals surface area contributed by atoms with Crippen molar-refractivity contribution in [3.63, 3.8) is 0 Å². The van der Waals surface area contributed by atoms with Crippen molar-refractivity contribution in [2.45, 2.75) is 26.2 Å². The SMILES string of the molecule is CC(=O)c1ccc(N2CC[NH+](CC(=O)N3CCC(Cc4ccccc4)CC3)CC2)cc1. The molecule has 2 aliphatic heterocycles. The second-order valence-corrected chi connectivity index (χ2v) is 9.03. The van der Waals surface area contributed by atoms with Crippen LogP contribution in [-0.4, -0.2) is 62.4 Å². The summed E-state index contributed by atoms with van der Waals surface area (Å²) in [6, 6.07) is 18.6. The maximum absolute atomic E-state index is 12.8. The van der Waals surface area contributed by atoms with E-state index in [4.69, 9.17) is 0 Å². The predicted octanol–water partition coefficient (Wildman–Crippen LogP) is 2.08. The molecule has 0 bridgehead atoms. The van der Waals surface area contributed by atoms with Crippen molar-refractivity contribution in [1.82, 2.24) is 4.90 Å². The van der Waals surface area contributed by atoms with Crippen LogP contribution in [0.5, 0.6) is 0 Å². The van der Waals surface area contributed by atoms with E-state index in [1.165, 1.54) is 10.5 Å². The molecular formula is C26H34N3O2+. The van der Waals surface area contributed by atoms with Gasteiger partial charge in [-0.3, -0.25) is 9.59 Å². The third-order valence-electron chi connectivity index (χ3n) is 6.85. The summed E-state index contributed by atoms with van der Waals surface area (Å²) in [4.78, 5) is 30.1. The lowest BCUT2D eigenvalue weighted by Crippen LogP contribution is -3.16. The lowest BCUT2D eigenvalue weighted by molar-refractivity contribution is -0.892. The number of nitrogens with one attached hydrogen (secondary N) is 1. The first-order valence-electron chi connectivity index (χ1n) is 11.6. The molecule has 2 aromatic carbocycles. The van der Waals surface area contributed by atoms with Gasteiger partial charge in [-0.05, 0) is 61.9 Å². The van der Waals surface area contributed by atoms with E-state index in [1.807, 2.05) is 24.3 Å². The molecule has 0 spiro atoms. The summed E-state index contributed by atoms with van der Waals surface area (Å²) < 4.78 is 0. The van der Waals surface area contributed by atoms with Gasteiger partial charge in [0.05, 0.1) is 26.2 Å². The third-order valence-corrected chi connectivity index (χ3v) is 6.85. The smallest absolute Gasteiger partial charge is 0.277 e. The zero-order valence-corrected chi connectivity index (χ0v) is 18.6. The van der Waals surface area contributed by atoms with Crippen molar-refractivity contribution in [2.75, 3.05) is 50.7 Å². The molecule has 1 N–H and O–H groups in total. The Labute approximate surface area is 185 Å². The van der Waals surface area contributed by atoms with Gasteiger partial charge in [-0.2, -0.15) is 0 Å². The molecule has 0 radical (unpaired) electrons. The first-order chi connectivity index (χ1) is 15.1. The number of carbonyl (C=O) groups excluding carboxylic acids is 2. The van der Waals surface area contributed by atoms with Gasteiger partial charge in [-0.25, -0.2) is 0 Å². The van der Waals surface area contributed by atoms with Crippen molar-refractivity contribution < 1.29 is 14.5 Å². The van der Waals surface area contributed by atoms with E-state index in [1.54, 1.807) is 6.92 Å². The number of piperazine rings is 1. The maximum atomic E-state index is 12.8. The van der Waals surface area contributed by atoms with Gasteiger partial charge in [0.25, 0.3) is 5.91 Å². The largest absolute Gasteiger partial charge is 0.360 e. The Morgan fingerprint density at radius 2 is 1.55 bits per heavy atom. The van der Waals surface area contributed by atoms with Crippen LogP contribution < -0.4 is 9.80 Å². The monoisotopic (exact) mass is 420 g/mol. The number of carbonyl (C=O) groups is 2. The Hall–Kier alpha value is -2.66. The molecule has 31 heavy (non-hydrogen) atoms. The van der Waals surface area contributed by atoms with Gasteiger partial charge in [0.15, 0.2) is 12.3 Å². The number of anilines is 1. The zero-order chi connectivity index (χ0) is 21.6. The molecule has 0 unspecified atom stereocenters. The molecule has 2 fully saturated rings. The number of likely N-dealkylation sites (tertiary alicyclic amines) is 1. The Kier molecular flexibility index (Phi) is 7.03. The third kappa shape index (κ3) is 5.73. The second-order valence-electron chi connectivity index (χ2n) is 9.03. The second kappa shape index (κ2) is 10.1. The number of hydrogen-bond donors (Lipinski definition) is 1. The minimum atomic E-state index is 0.100. The summed E-state index contributed by atoms with van der Waals surface area (Å²) in [5, 5.41) is 0. The molecule has 5 nitrogen and oxygen atoms in total. The zero-order valence-electron chi connectivity index (χ0n) is 18.6. The lowest BCUT2D eigenvalue weighted by Gasteiger charge is -2.36. The van der Waals surface area contributed by atoms with E-state index >= 15 is 0 Å². The van der Waals surface area contributed by atoms with Crippen LogP contribution in [0.15, 0.2) is 54.6 Å². The lowest BCUT2D eigenvalue weighted by atomic mass is 9.90. The van der Waals surface area contributed by atoms with Crippen LogP contribution in [0.25, 0.3) is 0 Å². The van der Waals surface area contributed by atoms with Gasteiger partial charge in [0.1, 0.15) is 0 Å². The number of hydrogen-bond acceptors (Lipinski definition) is 3. The van der Waals surface area contributed by atoms with Crippen molar-refractivity contribution in [2.24, 2.45) is 5.92 Å². The van der Waals surface area contributed by atoms with Crippen LogP contribution in [0.2, 0.25) is 0 Å². The number of benzene rings is 2. The number of piperidine rings is 1. The number of amides is 1. The molecular weight excluding hydrogens is 386 g/mol.